The fourth-order valence-corrected chi connectivity index (χ4v) is 4.62. The molecule has 25 heavy (non-hydrogen) atoms. The van der Waals surface area contributed by atoms with Crippen LogP contribution in [-0.2, 0) is 0 Å². The van der Waals surface area contributed by atoms with Crippen LogP contribution in [0.4, 0.5) is 0 Å². The maximum absolute atomic E-state index is 9.39. The zero-order valence-corrected chi connectivity index (χ0v) is 14.2. The lowest BCUT2D eigenvalue weighted by atomic mass is 9.92. The van der Waals surface area contributed by atoms with Crippen molar-refractivity contribution < 1.29 is 9.84 Å². The van der Waals surface area contributed by atoms with Gasteiger partial charge < -0.3 is 14.4 Å². The summed E-state index contributed by atoms with van der Waals surface area (Å²) in [6, 6.07) is 7.35. The van der Waals surface area contributed by atoms with Crippen LogP contribution in [0.2, 0.25) is 5.15 Å². The zero-order valence-electron chi connectivity index (χ0n) is 13.4. The average molecular weight is 357 g/mol. The highest BCUT2D eigenvalue weighted by atomic mass is 35.5. The molecular weight excluding hydrogens is 340 g/mol. The smallest absolute Gasteiger partial charge is 0.165 e. The summed E-state index contributed by atoms with van der Waals surface area (Å²) in [7, 11) is 0. The second-order valence-electron chi connectivity index (χ2n) is 6.93. The maximum Gasteiger partial charge on any atom is 0.165 e. The number of halogens is 1. The van der Waals surface area contributed by atoms with E-state index in [2.05, 4.69) is 19.5 Å². The average Bonchev–Trinajstić information content (AvgIpc) is 3.30. The van der Waals surface area contributed by atoms with Crippen LogP contribution in [0, 0.1) is 11.8 Å². The summed E-state index contributed by atoms with van der Waals surface area (Å²) in [5, 5.41) is 9.79. The highest BCUT2D eigenvalue weighted by molar-refractivity contribution is 6.33. The first-order valence-corrected chi connectivity index (χ1v) is 8.85. The van der Waals surface area contributed by atoms with Gasteiger partial charge in [0.05, 0.1) is 6.33 Å². The van der Waals surface area contributed by atoms with Crippen LogP contribution in [0.15, 0.2) is 36.9 Å². The minimum atomic E-state index is 0.235. The van der Waals surface area contributed by atoms with Gasteiger partial charge in [0.15, 0.2) is 10.8 Å². The standard InChI is InChI=1S/C18H17ClN4O2/c19-17-16-18(21-8-20-17)23(9-22-16)14-6-11-5-10(14)7-15(11)25-13-3-1-12(24)2-4-13/h1-4,8-11,14-15,24H,5-7H2/t10-,11-,14+,15+/m1/s1. The van der Waals surface area contributed by atoms with Crippen molar-refractivity contribution >= 4 is 22.8 Å². The number of nitrogens with zero attached hydrogens (tertiary/aromatic N) is 4. The molecule has 0 unspecified atom stereocenters. The normalized spacial score (nSPS) is 27.9. The molecule has 6 nitrogen and oxygen atoms in total. The molecule has 1 aromatic carbocycles. The molecule has 2 bridgehead atoms. The van der Waals surface area contributed by atoms with E-state index >= 15 is 0 Å². The molecule has 128 valence electrons. The highest BCUT2D eigenvalue weighted by Gasteiger charge is 2.48. The van der Waals surface area contributed by atoms with Crippen molar-refractivity contribution in [1.82, 2.24) is 19.5 Å². The third kappa shape index (κ3) is 2.43. The molecule has 7 heteroatoms. The highest BCUT2D eigenvalue weighted by Crippen LogP contribution is 2.52. The largest absolute Gasteiger partial charge is 0.508 e. The number of aromatic hydroxyl groups is 1. The molecule has 0 saturated heterocycles. The minimum absolute atomic E-state index is 0.235. The van der Waals surface area contributed by atoms with E-state index in [1.54, 1.807) is 12.1 Å². The maximum atomic E-state index is 9.39. The minimum Gasteiger partial charge on any atom is -0.508 e. The second-order valence-corrected chi connectivity index (χ2v) is 7.29. The van der Waals surface area contributed by atoms with Crippen LogP contribution in [0.5, 0.6) is 11.5 Å². The summed E-state index contributed by atoms with van der Waals surface area (Å²) in [4.78, 5) is 12.8. The number of rotatable bonds is 3. The van der Waals surface area contributed by atoms with Crippen molar-refractivity contribution in [3.8, 4) is 11.5 Å². The van der Waals surface area contributed by atoms with E-state index in [-0.39, 0.29) is 11.9 Å². The van der Waals surface area contributed by atoms with Crippen molar-refractivity contribution in [2.45, 2.75) is 31.4 Å². The molecule has 0 radical (unpaired) electrons. The van der Waals surface area contributed by atoms with Gasteiger partial charge in [0.1, 0.15) is 29.4 Å². The molecule has 2 fully saturated rings. The molecular formula is C18H17ClN4O2. The molecule has 3 aromatic rings. The van der Waals surface area contributed by atoms with Crippen LogP contribution >= 0.6 is 11.6 Å². The molecule has 2 aliphatic rings. The van der Waals surface area contributed by atoms with Crippen molar-refractivity contribution in [3.63, 3.8) is 0 Å². The third-order valence-electron chi connectivity index (χ3n) is 5.55. The summed E-state index contributed by atoms with van der Waals surface area (Å²) >= 11 is 6.12. The SMILES string of the molecule is Oc1ccc(O[C@H]2C[C@H]3C[C@@H]2C[C@@H]3n2cnc3c(Cl)ncnc32)cc1. The second kappa shape index (κ2) is 5.59. The molecule has 2 saturated carbocycles. The number of hydrogen-bond donors (Lipinski definition) is 1. The van der Waals surface area contributed by atoms with Gasteiger partial charge in [-0.15, -0.1) is 0 Å². The molecule has 2 heterocycles. The Morgan fingerprint density at radius 3 is 2.64 bits per heavy atom. The fraction of sp³-hybridized carbons (Fsp3) is 0.389. The number of hydrogen-bond acceptors (Lipinski definition) is 5. The molecule has 1 N–H and O–H groups in total. The van der Waals surface area contributed by atoms with Gasteiger partial charge in [-0.1, -0.05) is 11.6 Å². The van der Waals surface area contributed by atoms with Crippen molar-refractivity contribution in [1.29, 1.82) is 0 Å². The lowest BCUT2D eigenvalue weighted by Crippen LogP contribution is -2.28. The van der Waals surface area contributed by atoms with Gasteiger partial charge >= 0.3 is 0 Å². The van der Waals surface area contributed by atoms with Crippen LogP contribution < -0.4 is 4.74 Å². The molecule has 2 aromatic heterocycles. The number of imidazole rings is 1. The molecule has 0 aliphatic heterocycles. The van der Waals surface area contributed by atoms with Gasteiger partial charge in [0.25, 0.3) is 0 Å². The Hall–Kier alpha value is -2.34. The van der Waals surface area contributed by atoms with Gasteiger partial charge in [0.2, 0.25) is 0 Å². The van der Waals surface area contributed by atoms with Crippen LogP contribution in [-0.4, -0.2) is 30.7 Å². The van der Waals surface area contributed by atoms with Gasteiger partial charge in [-0.25, -0.2) is 15.0 Å². The monoisotopic (exact) mass is 356 g/mol. The van der Waals surface area contributed by atoms with Gasteiger partial charge in [-0.3, -0.25) is 0 Å². The van der Waals surface area contributed by atoms with Crippen LogP contribution in [0.25, 0.3) is 11.2 Å². The van der Waals surface area contributed by atoms with E-state index in [4.69, 9.17) is 16.3 Å². The van der Waals surface area contributed by atoms with Gasteiger partial charge in [-0.05, 0) is 55.4 Å². The summed E-state index contributed by atoms with van der Waals surface area (Å²) in [5.74, 6) is 2.16. The Morgan fingerprint density at radius 2 is 1.88 bits per heavy atom. The number of phenols is 1. The van der Waals surface area contributed by atoms with E-state index in [1.165, 1.54) is 6.33 Å². The topological polar surface area (TPSA) is 73.1 Å². The zero-order chi connectivity index (χ0) is 17.0. The summed E-state index contributed by atoms with van der Waals surface area (Å²) in [6.45, 7) is 0. The van der Waals surface area contributed by atoms with E-state index in [0.29, 0.717) is 28.5 Å². The number of benzene rings is 1. The Balaban J connectivity index is 1.35. The number of aromatic nitrogens is 4. The summed E-state index contributed by atoms with van der Waals surface area (Å²) < 4.78 is 8.31. The van der Waals surface area contributed by atoms with Crippen LogP contribution in [0.1, 0.15) is 25.3 Å². The molecule has 0 amide bonds. The summed E-state index contributed by atoms with van der Waals surface area (Å²) in [5.41, 5.74) is 1.48. The Kier molecular flexibility index (Phi) is 3.35. The van der Waals surface area contributed by atoms with Crippen LogP contribution in [0.3, 0.4) is 0 Å². The van der Waals surface area contributed by atoms with E-state index in [9.17, 15) is 5.11 Å². The molecule has 0 spiro atoms. The number of fused-ring (bicyclic) bond motifs is 3. The molecule has 5 rings (SSSR count). The predicted octanol–water partition coefficient (Wildman–Crippen LogP) is 3.60. The van der Waals surface area contributed by atoms with E-state index in [0.717, 1.165) is 30.7 Å². The Bertz CT molecular complexity index is 926. The predicted molar refractivity (Wildman–Crippen MR) is 92.7 cm³/mol. The van der Waals surface area contributed by atoms with Gasteiger partial charge in [-0.2, -0.15) is 0 Å². The molecule has 4 atom stereocenters. The van der Waals surface area contributed by atoms with E-state index in [1.807, 2.05) is 18.5 Å². The van der Waals surface area contributed by atoms with Gasteiger partial charge in [0, 0.05) is 6.04 Å². The Morgan fingerprint density at radius 1 is 1.04 bits per heavy atom. The lowest BCUT2D eigenvalue weighted by molar-refractivity contribution is 0.120. The fourth-order valence-electron chi connectivity index (χ4n) is 4.44. The van der Waals surface area contributed by atoms with E-state index < -0.39 is 0 Å². The van der Waals surface area contributed by atoms with Crippen molar-refractivity contribution in [2.75, 3.05) is 0 Å². The first-order chi connectivity index (χ1) is 12.2. The third-order valence-corrected chi connectivity index (χ3v) is 5.83. The van der Waals surface area contributed by atoms with Crippen molar-refractivity contribution in [2.24, 2.45) is 11.8 Å². The summed E-state index contributed by atoms with van der Waals surface area (Å²) in [6.07, 6.45) is 6.80. The van der Waals surface area contributed by atoms with Crippen molar-refractivity contribution in [3.05, 3.63) is 42.1 Å². The first-order valence-electron chi connectivity index (χ1n) is 8.48. The molecule has 2 aliphatic carbocycles. The first kappa shape index (κ1) is 15.0. The number of phenolic OH excluding ortho intramolecular Hbond substituents is 1. The lowest BCUT2D eigenvalue weighted by Gasteiger charge is -2.29. The Labute approximate surface area is 149 Å². The quantitative estimate of drug-likeness (QED) is 0.726. The number of ether oxygens (including phenoxy) is 1.